The summed E-state index contributed by atoms with van der Waals surface area (Å²) in [5.74, 6) is 0.0904. The molecule has 0 aliphatic carbocycles. The van der Waals surface area contributed by atoms with E-state index in [9.17, 15) is 4.79 Å². The molecule has 0 fully saturated rings. The van der Waals surface area contributed by atoms with Crippen LogP contribution in [0.1, 0.15) is 25.0 Å². The lowest BCUT2D eigenvalue weighted by Gasteiger charge is -2.10. The van der Waals surface area contributed by atoms with Gasteiger partial charge in [-0.1, -0.05) is 31.5 Å². The van der Waals surface area contributed by atoms with E-state index in [1.165, 1.54) is 5.56 Å². The van der Waals surface area contributed by atoms with E-state index in [0.29, 0.717) is 0 Å². The smallest absolute Gasteiger partial charge is 0.226 e. The van der Waals surface area contributed by atoms with Crippen molar-refractivity contribution in [3.05, 3.63) is 29.3 Å². The maximum atomic E-state index is 11.4. The molecule has 0 heterocycles. The first kappa shape index (κ1) is 10.8. The molecular weight excluding hydrogens is 174 g/mol. The fraction of sp³-hybridized carbons (Fsp3) is 0.417. The maximum absolute atomic E-state index is 11.4. The Morgan fingerprint density at radius 3 is 2.43 bits per heavy atom. The molecule has 0 saturated carbocycles. The van der Waals surface area contributed by atoms with Crippen molar-refractivity contribution in [3.8, 4) is 0 Å². The fourth-order valence-corrected chi connectivity index (χ4v) is 1.23. The minimum Gasteiger partial charge on any atom is -0.326 e. The molecule has 0 aromatic heterocycles. The molecule has 76 valence electrons. The lowest BCUT2D eigenvalue weighted by molar-refractivity contribution is -0.118. The Morgan fingerprint density at radius 1 is 1.29 bits per heavy atom. The van der Waals surface area contributed by atoms with Crippen LogP contribution in [-0.2, 0) is 4.79 Å². The highest BCUT2D eigenvalue weighted by atomic mass is 16.1. The third-order valence-corrected chi connectivity index (χ3v) is 2.16. The molecule has 1 rings (SSSR count). The lowest BCUT2D eigenvalue weighted by Crippen LogP contribution is -2.18. The van der Waals surface area contributed by atoms with Crippen LogP contribution in [0, 0.1) is 19.8 Å². The van der Waals surface area contributed by atoms with E-state index in [1.54, 1.807) is 0 Å². The number of carbonyl (C=O) groups is 1. The van der Waals surface area contributed by atoms with Gasteiger partial charge >= 0.3 is 0 Å². The normalized spacial score (nSPS) is 10.4. The molecule has 2 nitrogen and oxygen atoms in total. The van der Waals surface area contributed by atoms with Crippen LogP contribution in [-0.4, -0.2) is 5.91 Å². The minimum atomic E-state index is 0.0238. The van der Waals surface area contributed by atoms with Gasteiger partial charge < -0.3 is 5.32 Å². The third kappa shape index (κ3) is 2.59. The molecule has 2 heteroatoms. The third-order valence-electron chi connectivity index (χ3n) is 2.16. The number of hydrogen-bond donors (Lipinski definition) is 1. The van der Waals surface area contributed by atoms with Gasteiger partial charge in [0.05, 0.1) is 0 Å². The Morgan fingerprint density at radius 2 is 1.93 bits per heavy atom. The summed E-state index contributed by atoms with van der Waals surface area (Å²) in [6, 6.07) is 6.02. The molecule has 14 heavy (non-hydrogen) atoms. The maximum Gasteiger partial charge on any atom is 0.226 e. The van der Waals surface area contributed by atoms with Crippen molar-refractivity contribution in [1.29, 1.82) is 0 Å². The highest BCUT2D eigenvalue weighted by Crippen LogP contribution is 2.16. The number of benzene rings is 1. The van der Waals surface area contributed by atoms with E-state index in [-0.39, 0.29) is 11.8 Å². The van der Waals surface area contributed by atoms with Gasteiger partial charge in [0.15, 0.2) is 0 Å². The Bertz CT molecular complexity index is 342. The first-order chi connectivity index (χ1) is 6.50. The van der Waals surface area contributed by atoms with Gasteiger partial charge in [-0.2, -0.15) is 0 Å². The molecule has 0 saturated heterocycles. The van der Waals surface area contributed by atoms with E-state index in [0.717, 1.165) is 11.3 Å². The van der Waals surface area contributed by atoms with Crippen LogP contribution < -0.4 is 5.32 Å². The quantitative estimate of drug-likeness (QED) is 0.765. The largest absolute Gasteiger partial charge is 0.326 e. The van der Waals surface area contributed by atoms with Gasteiger partial charge in [-0.15, -0.1) is 0 Å². The number of nitrogens with one attached hydrogen (secondary N) is 1. The zero-order valence-corrected chi connectivity index (χ0v) is 9.22. The first-order valence-electron chi connectivity index (χ1n) is 4.89. The van der Waals surface area contributed by atoms with E-state index in [1.807, 2.05) is 39.8 Å². The Balaban J connectivity index is 2.82. The first-order valence-corrected chi connectivity index (χ1v) is 4.89. The topological polar surface area (TPSA) is 29.1 Å². The summed E-state index contributed by atoms with van der Waals surface area (Å²) in [4.78, 5) is 11.4. The van der Waals surface area contributed by atoms with Gasteiger partial charge in [0.1, 0.15) is 0 Å². The van der Waals surface area contributed by atoms with E-state index < -0.39 is 0 Å². The zero-order chi connectivity index (χ0) is 10.7. The van der Waals surface area contributed by atoms with Crippen molar-refractivity contribution in [3.63, 3.8) is 0 Å². The molecule has 1 amide bonds. The summed E-state index contributed by atoms with van der Waals surface area (Å²) in [6.45, 7) is 7.82. The Hall–Kier alpha value is -1.31. The highest BCUT2D eigenvalue weighted by molar-refractivity contribution is 5.92. The Labute approximate surface area is 85.3 Å². The van der Waals surface area contributed by atoms with Gasteiger partial charge in [-0.05, 0) is 25.5 Å². The van der Waals surface area contributed by atoms with Crippen LogP contribution in [0.25, 0.3) is 0 Å². The van der Waals surface area contributed by atoms with Crippen LogP contribution in [0.15, 0.2) is 18.2 Å². The van der Waals surface area contributed by atoms with E-state index in [2.05, 4.69) is 11.4 Å². The van der Waals surface area contributed by atoms with Crippen molar-refractivity contribution in [1.82, 2.24) is 0 Å². The molecule has 0 aliphatic rings. The number of carbonyl (C=O) groups excluding carboxylic acids is 1. The second kappa shape index (κ2) is 4.27. The van der Waals surface area contributed by atoms with E-state index in [4.69, 9.17) is 0 Å². The Kier molecular flexibility index (Phi) is 3.28. The van der Waals surface area contributed by atoms with Crippen LogP contribution in [0.2, 0.25) is 0 Å². The van der Waals surface area contributed by atoms with Crippen molar-refractivity contribution in [2.45, 2.75) is 27.7 Å². The summed E-state index contributed by atoms with van der Waals surface area (Å²) in [6.07, 6.45) is 0. The molecule has 0 unspecified atom stereocenters. The summed E-state index contributed by atoms with van der Waals surface area (Å²) in [5, 5.41) is 2.90. The van der Waals surface area contributed by atoms with Crippen molar-refractivity contribution in [2.24, 2.45) is 5.92 Å². The van der Waals surface area contributed by atoms with E-state index >= 15 is 0 Å². The second-order valence-electron chi connectivity index (χ2n) is 3.96. The van der Waals surface area contributed by atoms with Gasteiger partial charge in [0.25, 0.3) is 0 Å². The molecule has 0 bridgehead atoms. The van der Waals surface area contributed by atoms with Crippen molar-refractivity contribution < 1.29 is 4.79 Å². The molecular formula is C12H17NO. The van der Waals surface area contributed by atoms with Gasteiger partial charge in [0.2, 0.25) is 5.91 Å². The minimum absolute atomic E-state index is 0.0238. The van der Waals surface area contributed by atoms with Crippen molar-refractivity contribution in [2.75, 3.05) is 5.32 Å². The average Bonchev–Trinajstić information content (AvgIpc) is 2.09. The molecule has 0 radical (unpaired) electrons. The molecule has 0 atom stereocenters. The molecule has 0 spiro atoms. The molecule has 0 aliphatic heterocycles. The predicted octanol–water partition coefficient (Wildman–Crippen LogP) is 2.90. The van der Waals surface area contributed by atoms with Crippen LogP contribution in [0.3, 0.4) is 0 Å². The van der Waals surface area contributed by atoms with Crippen LogP contribution in [0.4, 0.5) is 5.69 Å². The predicted molar refractivity (Wildman–Crippen MR) is 59.4 cm³/mol. The molecule has 1 aromatic rings. The standard InChI is InChI=1S/C12H17NO/c1-8(2)12(14)13-11-6-5-9(3)7-10(11)4/h5-8H,1-4H3,(H,13,14). The SMILES string of the molecule is Cc1ccc(NC(=O)C(C)C)c(C)c1. The summed E-state index contributed by atoms with van der Waals surface area (Å²) in [5.41, 5.74) is 3.23. The number of amides is 1. The van der Waals surface area contributed by atoms with Gasteiger partial charge in [0, 0.05) is 11.6 Å². The van der Waals surface area contributed by atoms with Crippen LogP contribution >= 0.6 is 0 Å². The number of anilines is 1. The highest BCUT2D eigenvalue weighted by Gasteiger charge is 2.08. The summed E-state index contributed by atoms with van der Waals surface area (Å²) < 4.78 is 0. The monoisotopic (exact) mass is 191 g/mol. The number of rotatable bonds is 2. The molecule has 1 N–H and O–H groups in total. The fourth-order valence-electron chi connectivity index (χ4n) is 1.23. The van der Waals surface area contributed by atoms with Crippen LogP contribution in [0.5, 0.6) is 0 Å². The van der Waals surface area contributed by atoms with Gasteiger partial charge in [-0.3, -0.25) is 4.79 Å². The number of aryl methyl sites for hydroxylation is 2. The summed E-state index contributed by atoms with van der Waals surface area (Å²) >= 11 is 0. The average molecular weight is 191 g/mol. The molecule has 1 aromatic carbocycles. The lowest BCUT2D eigenvalue weighted by atomic mass is 10.1. The van der Waals surface area contributed by atoms with Crippen molar-refractivity contribution >= 4 is 11.6 Å². The summed E-state index contributed by atoms with van der Waals surface area (Å²) in [7, 11) is 0. The second-order valence-corrected chi connectivity index (χ2v) is 3.96. The zero-order valence-electron chi connectivity index (χ0n) is 9.22. The van der Waals surface area contributed by atoms with Gasteiger partial charge in [-0.25, -0.2) is 0 Å². The number of hydrogen-bond acceptors (Lipinski definition) is 1.